The van der Waals surface area contributed by atoms with E-state index in [-0.39, 0.29) is 5.91 Å². The maximum absolute atomic E-state index is 12.2. The molecule has 116 valence electrons. The second-order valence-electron chi connectivity index (χ2n) is 4.87. The SMILES string of the molecule is CCCOc1ccc(NC(=O)[C@H](N)c2ccccc2)cc1Cl. The van der Waals surface area contributed by atoms with Crippen LogP contribution in [-0.4, -0.2) is 12.5 Å². The van der Waals surface area contributed by atoms with Gasteiger partial charge in [-0.1, -0.05) is 48.9 Å². The van der Waals surface area contributed by atoms with Gasteiger partial charge in [0.15, 0.2) is 0 Å². The number of anilines is 1. The van der Waals surface area contributed by atoms with Crippen molar-refractivity contribution >= 4 is 23.2 Å². The van der Waals surface area contributed by atoms with Gasteiger partial charge < -0.3 is 15.8 Å². The quantitative estimate of drug-likeness (QED) is 0.852. The summed E-state index contributed by atoms with van der Waals surface area (Å²) in [7, 11) is 0. The first-order valence-electron chi connectivity index (χ1n) is 7.15. The maximum atomic E-state index is 12.2. The number of nitrogens with two attached hydrogens (primary N) is 1. The van der Waals surface area contributed by atoms with Gasteiger partial charge in [0.1, 0.15) is 11.8 Å². The highest BCUT2D eigenvalue weighted by Gasteiger charge is 2.16. The predicted octanol–water partition coefficient (Wildman–Crippen LogP) is 3.77. The highest BCUT2D eigenvalue weighted by Crippen LogP contribution is 2.28. The number of benzene rings is 2. The van der Waals surface area contributed by atoms with Gasteiger partial charge in [0.05, 0.1) is 11.6 Å². The molecular weight excluding hydrogens is 300 g/mol. The van der Waals surface area contributed by atoms with Crippen molar-refractivity contribution in [2.24, 2.45) is 5.73 Å². The third kappa shape index (κ3) is 4.23. The average molecular weight is 319 g/mol. The monoisotopic (exact) mass is 318 g/mol. The van der Waals surface area contributed by atoms with Crippen LogP contribution in [0.4, 0.5) is 5.69 Å². The lowest BCUT2D eigenvalue weighted by Gasteiger charge is -2.14. The molecule has 0 saturated carbocycles. The Balaban J connectivity index is 2.04. The third-order valence-corrected chi connectivity index (χ3v) is 3.40. The van der Waals surface area contributed by atoms with Crippen LogP contribution >= 0.6 is 11.6 Å². The summed E-state index contributed by atoms with van der Waals surface area (Å²) in [6, 6.07) is 13.6. The summed E-state index contributed by atoms with van der Waals surface area (Å²) in [5.41, 5.74) is 7.30. The van der Waals surface area contributed by atoms with Crippen molar-refractivity contribution in [3.05, 3.63) is 59.1 Å². The van der Waals surface area contributed by atoms with E-state index >= 15 is 0 Å². The largest absolute Gasteiger partial charge is 0.492 e. The molecule has 4 nitrogen and oxygen atoms in total. The second-order valence-corrected chi connectivity index (χ2v) is 5.28. The van der Waals surface area contributed by atoms with Crippen LogP contribution in [0.25, 0.3) is 0 Å². The van der Waals surface area contributed by atoms with Crippen LogP contribution in [0.2, 0.25) is 5.02 Å². The van der Waals surface area contributed by atoms with Gasteiger partial charge in [-0.05, 0) is 30.2 Å². The van der Waals surface area contributed by atoms with E-state index < -0.39 is 6.04 Å². The molecule has 3 N–H and O–H groups in total. The van der Waals surface area contributed by atoms with Gasteiger partial charge in [0, 0.05) is 5.69 Å². The summed E-state index contributed by atoms with van der Waals surface area (Å²) >= 11 is 6.14. The van der Waals surface area contributed by atoms with E-state index in [1.807, 2.05) is 37.3 Å². The molecule has 5 heteroatoms. The normalized spacial score (nSPS) is 11.8. The van der Waals surface area contributed by atoms with Crippen LogP contribution in [-0.2, 0) is 4.79 Å². The summed E-state index contributed by atoms with van der Waals surface area (Å²) < 4.78 is 5.49. The summed E-state index contributed by atoms with van der Waals surface area (Å²) in [4.78, 5) is 12.2. The van der Waals surface area contributed by atoms with E-state index in [0.29, 0.717) is 23.1 Å². The van der Waals surface area contributed by atoms with Gasteiger partial charge in [0.2, 0.25) is 5.91 Å². The summed E-state index contributed by atoms with van der Waals surface area (Å²) in [6.07, 6.45) is 0.904. The molecule has 0 fully saturated rings. The molecular formula is C17H19ClN2O2. The number of ether oxygens (including phenoxy) is 1. The fraction of sp³-hybridized carbons (Fsp3) is 0.235. The zero-order chi connectivity index (χ0) is 15.9. The van der Waals surface area contributed by atoms with Crippen molar-refractivity contribution in [2.75, 3.05) is 11.9 Å². The molecule has 0 bridgehead atoms. The second kappa shape index (κ2) is 7.82. The lowest BCUT2D eigenvalue weighted by atomic mass is 10.1. The summed E-state index contributed by atoms with van der Waals surface area (Å²) in [6.45, 7) is 2.62. The van der Waals surface area contributed by atoms with E-state index in [9.17, 15) is 4.79 Å². The van der Waals surface area contributed by atoms with Gasteiger partial charge in [-0.2, -0.15) is 0 Å². The van der Waals surface area contributed by atoms with Crippen molar-refractivity contribution in [1.29, 1.82) is 0 Å². The highest BCUT2D eigenvalue weighted by atomic mass is 35.5. The van der Waals surface area contributed by atoms with E-state index in [4.69, 9.17) is 22.1 Å². The molecule has 2 aromatic rings. The van der Waals surface area contributed by atoms with Gasteiger partial charge >= 0.3 is 0 Å². The zero-order valence-electron chi connectivity index (χ0n) is 12.4. The van der Waals surface area contributed by atoms with Crippen LogP contribution < -0.4 is 15.8 Å². The van der Waals surface area contributed by atoms with Crippen molar-refractivity contribution in [3.63, 3.8) is 0 Å². The zero-order valence-corrected chi connectivity index (χ0v) is 13.1. The molecule has 0 unspecified atom stereocenters. The van der Waals surface area contributed by atoms with E-state index in [1.165, 1.54) is 0 Å². The van der Waals surface area contributed by atoms with Crippen LogP contribution in [0, 0.1) is 0 Å². The number of rotatable bonds is 6. The van der Waals surface area contributed by atoms with Crippen LogP contribution in [0.1, 0.15) is 24.9 Å². The van der Waals surface area contributed by atoms with Gasteiger partial charge in [0.25, 0.3) is 0 Å². The predicted molar refractivity (Wildman–Crippen MR) is 89.2 cm³/mol. The Bertz CT molecular complexity index is 632. The molecule has 0 aliphatic carbocycles. The fourth-order valence-corrected chi connectivity index (χ4v) is 2.17. The first kappa shape index (κ1) is 16.3. The first-order valence-corrected chi connectivity index (χ1v) is 7.53. The van der Waals surface area contributed by atoms with E-state index in [0.717, 1.165) is 12.0 Å². The number of amides is 1. The molecule has 0 saturated heterocycles. The Labute approximate surface area is 135 Å². The topological polar surface area (TPSA) is 64.3 Å². The van der Waals surface area contributed by atoms with E-state index in [1.54, 1.807) is 18.2 Å². The number of hydrogen-bond donors (Lipinski definition) is 2. The van der Waals surface area contributed by atoms with Crippen LogP contribution in [0.15, 0.2) is 48.5 Å². The smallest absolute Gasteiger partial charge is 0.245 e. The molecule has 0 aromatic heterocycles. The third-order valence-electron chi connectivity index (χ3n) is 3.10. The average Bonchev–Trinajstić information content (AvgIpc) is 2.54. The van der Waals surface area contributed by atoms with Crippen LogP contribution in [0.5, 0.6) is 5.75 Å². The lowest BCUT2D eigenvalue weighted by Crippen LogP contribution is -2.27. The minimum atomic E-state index is -0.726. The van der Waals surface area contributed by atoms with Gasteiger partial charge in [-0.25, -0.2) is 0 Å². The van der Waals surface area contributed by atoms with Crippen molar-refractivity contribution in [1.82, 2.24) is 0 Å². The van der Waals surface area contributed by atoms with Gasteiger partial charge in [-0.3, -0.25) is 4.79 Å². The number of nitrogens with one attached hydrogen (secondary N) is 1. The molecule has 0 aliphatic heterocycles. The minimum absolute atomic E-state index is 0.288. The molecule has 2 aromatic carbocycles. The number of halogens is 1. The summed E-state index contributed by atoms with van der Waals surface area (Å²) in [5.74, 6) is 0.318. The molecule has 0 spiro atoms. The van der Waals surface area contributed by atoms with Gasteiger partial charge in [-0.15, -0.1) is 0 Å². The number of carbonyl (C=O) groups is 1. The Morgan fingerprint density at radius 3 is 2.64 bits per heavy atom. The Hall–Kier alpha value is -2.04. The molecule has 0 radical (unpaired) electrons. The fourth-order valence-electron chi connectivity index (χ4n) is 1.94. The molecule has 1 atom stereocenters. The molecule has 22 heavy (non-hydrogen) atoms. The molecule has 0 heterocycles. The van der Waals surface area contributed by atoms with Crippen molar-refractivity contribution in [2.45, 2.75) is 19.4 Å². The molecule has 0 aliphatic rings. The molecule has 1 amide bonds. The van der Waals surface area contributed by atoms with Crippen molar-refractivity contribution in [3.8, 4) is 5.75 Å². The standard InChI is InChI=1S/C17H19ClN2O2/c1-2-10-22-15-9-8-13(11-14(15)18)20-17(21)16(19)12-6-4-3-5-7-12/h3-9,11,16H,2,10,19H2,1H3,(H,20,21)/t16-/m1/s1. The van der Waals surface area contributed by atoms with E-state index in [2.05, 4.69) is 5.32 Å². The highest BCUT2D eigenvalue weighted by molar-refractivity contribution is 6.32. The number of hydrogen-bond acceptors (Lipinski definition) is 3. The Morgan fingerprint density at radius 1 is 1.27 bits per heavy atom. The van der Waals surface area contributed by atoms with Crippen molar-refractivity contribution < 1.29 is 9.53 Å². The summed E-state index contributed by atoms with van der Waals surface area (Å²) in [5, 5.41) is 3.22. The Kier molecular flexibility index (Phi) is 5.81. The Morgan fingerprint density at radius 2 is 2.00 bits per heavy atom. The minimum Gasteiger partial charge on any atom is -0.492 e. The van der Waals surface area contributed by atoms with Crippen LogP contribution in [0.3, 0.4) is 0 Å². The lowest BCUT2D eigenvalue weighted by molar-refractivity contribution is -0.117. The maximum Gasteiger partial charge on any atom is 0.245 e. The first-order chi connectivity index (χ1) is 10.6. The number of carbonyl (C=O) groups excluding carboxylic acids is 1. The molecule has 2 rings (SSSR count).